The van der Waals surface area contributed by atoms with Crippen LogP contribution in [0.4, 0.5) is 0 Å². The Morgan fingerprint density at radius 3 is 2.63 bits per heavy atom. The van der Waals surface area contributed by atoms with Crippen molar-refractivity contribution in [3.05, 3.63) is 47.0 Å². The van der Waals surface area contributed by atoms with Crippen molar-refractivity contribution in [2.75, 3.05) is 0 Å². The molecule has 2 bridgehead atoms. The van der Waals surface area contributed by atoms with Gasteiger partial charge in [0, 0.05) is 17.1 Å². The largest absolute Gasteiger partial charge is 0.219 e. The van der Waals surface area contributed by atoms with E-state index in [1.54, 1.807) is 28.6 Å². The third-order valence-electron chi connectivity index (χ3n) is 3.83. The first-order chi connectivity index (χ1) is 9.06. The Kier molecular flexibility index (Phi) is 3.41. The molecule has 1 saturated heterocycles. The minimum Gasteiger partial charge on any atom is -0.212 e. The summed E-state index contributed by atoms with van der Waals surface area (Å²) in [7, 11) is -3.25. The van der Waals surface area contributed by atoms with Crippen LogP contribution in [0.25, 0.3) is 0 Å². The first kappa shape index (κ1) is 13.2. The molecule has 2 aliphatic heterocycles. The average Bonchev–Trinajstić information content (AvgIpc) is 2.64. The van der Waals surface area contributed by atoms with E-state index in [1.807, 2.05) is 6.08 Å². The van der Waals surface area contributed by atoms with E-state index in [-0.39, 0.29) is 17.8 Å². The molecular formula is C14H16ClNO2S. The fourth-order valence-electron chi connectivity index (χ4n) is 2.98. The summed E-state index contributed by atoms with van der Waals surface area (Å²) in [6.07, 6.45) is 6.90. The lowest BCUT2D eigenvalue weighted by molar-refractivity contribution is 0.340. The van der Waals surface area contributed by atoms with Crippen LogP contribution in [0.15, 0.2) is 36.4 Å². The van der Waals surface area contributed by atoms with Gasteiger partial charge in [0.15, 0.2) is 0 Å². The first-order valence-corrected chi connectivity index (χ1v) is 8.47. The van der Waals surface area contributed by atoms with Crippen molar-refractivity contribution < 1.29 is 8.42 Å². The average molecular weight is 298 g/mol. The van der Waals surface area contributed by atoms with Crippen molar-refractivity contribution in [1.29, 1.82) is 0 Å². The highest BCUT2D eigenvalue weighted by Crippen LogP contribution is 2.35. The number of hydrogen-bond acceptors (Lipinski definition) is 2. The Hall–Kier alpha value is -0.840. The zero-order valence-corrected chi connectivity index (χ0v) is 12.1. The monoisotopic (exact) mass is 297 g/mol. The molecule has 2 unspecified atom stereocenters. The van der Waals surface area contributed by atoms with Crippen LogP contribution in [-0.4, -0.2) is 24.8 Å². The van der Waals surface area contributed by atoms with Gasteiger partial charge in [0.05, 0.1) is 5.75 Å². The van der Waals surface area contributed by atoms with Gasteiger partial charge in [-0.25, -0.2) is 8.42 Å². The summed E-state index contributed by atoms with van der Waals surface area (Å²) in [5.74, 6) is 0.0605. The predicted octanol–water partition coefficient (Wildman–Crippen LogP) is 2.96. The molecule has 3 rings (SSSR count). The van der Waals surface area contributed by atoms with Gasteiger partial charge in [-0.05, 0) is 37.0 Å². The van der Waals surface area contributed by atoms with Gasteiger partial charge in [-0.2, -0.15) is 4.31 Å². The van der Waals surface area contributed by atoms with Gasteiger partial charge in [-0.15, -0.1) is 0 Å². The van der Waals surface area contributed by atoms with E-state index in [0.29, 0.717) is 5.02 Å². The molecule has 0 aromatic heterocycles. The first-order valence-electron chi connectivity index (χ1n) is 6.48. The Morgan fingerprint density at radius 1 is 1.21 bits per heavy atom. The molecule has 0 radical (unpaired) electrons. The van der Waals surface area contributed by atoms with Crippen LogP contribution in [0.2, 0.25) is 5.02 Å². The molecule has 1 aromatic carbocycles. The van der Waals surface area contributed by atoms with Gasteiger partial charge in [0.1, 0.15) is 0 Å². The molecule has 0 spiro atoms. The second-order valence-electron chi connectivity index (χ2n) is 5.17. The van der Waals surface area contributed by atoms with Crippen molar-refractivity contribution in [2.24, 2.45) is 0 Å². The van der Waals surface area contributed by atoms with E-state index < -0.39 is 10.0 Å². The minimum atomic E-state index is -3.25. The van der Waals surface area contributed by atoms with Crippen LogP contribution in [0.5, 0.6) is 0 Å². The molecule has 0 N–H and O–H groups in total. The number of rotatable bonds is 3. The van der Waals surface area contributed by atoms with Gasteiger partial charge in [-0.1, -0.05) is 35.9 Å². The number of halogens is 1. The van der Waals surface area contributed by atoms with Gasteiger partial charge in [0.2, 0.25) is 10.0 Å². The summed E-state index contributed by atoms with van der Waals surface area (Å²) < 4.78 is 26.8. The van der Waals surface area contributed by atoms with Crippen LogP contribution in [0.3, 0.4) is 0 Å². The predicted molar refractivity (Wildman–Crippen MR) is 76.5 cm³/mol. The van der Waals surface area contributed by atoms with Crippen LogP contribution < -0.4 is 0 Å². The van der Waals surface area contributed by atoms with Gasteiger partial charge >= 0.3 is 0 Å². The van der Waals surface area contributed by atoms with Crippen molar-refractivity contribution in [2.45, 2.75) is 37.1 Å². The third-order valence-corrected chi connectivity index (χ3v) is 5.99. The Morgan fingerprint density at radius 2 is 1.95 bits per heavy atom. The van der Waals surface area contributed by atoms with E-state index in [0.717, 1.165) is 24.8 Å². The highest BCUT2D eigenvalue weighted by atomic mass is 35.5. The van der Waals surface area contributed by atoms with Gasteiger partial charge in [-0.3, -0.25) is 0 Å². The summed E-state index contributed by atoms with van der Waals surface area (Å²) in [6.45, 7) is 0. The second-order valence-corrected chi connectivity index (χ2v) is 7.49. The van der Waals surface area contributed by atoms with Crippen molar-refractivity contribution in [3.63, 3.8) is 0 Å². The zero-order chi connectivity index (χ0) is 13.5. The molecule has 0 aliphatic carbocycles. The molecule has 102 valence electrons. The molecular weight excluding hydrogens is 282 g/mol. The van der Waals surface area contributed by atoms with Crippen molar-refractivity contribution in [1.82, 2.24) is 4.31 Å². The number of benzene rings is 1. The third kappa shape index (κ3) is 2.57. The maximum atomic E-state index is 12.6. The molecule has 5 heteroatoms. The normalized spacial score (nSPS) is 26.8. The lowest BCUT2D eigenvalue weighted by atomic mass is 10.2. The molecule has 1 fully saturated rings. The molecule has 2 aliphatic rings. The summed E-state index contributed by atoms with van der Waals surface area (Å²) >= 11 is 5.82. The van der Waals surface area contributed by atoms with Gasteiger partial charge < -0.3 is 0 Å². The zero-order valence-electron chi connectivity index (χ0n) is 10.5. The van der Waals surface area contributed by atoms with Crippen LogP contribution in [-0.2, 0) is 15.8 Å². The van der Waals surface area contributed by atoms with Crippen LogP contribution >= 0.6 is 11.6 Å². The molecule has 0 saturated carbocycles. The van der Waals surface area contributed by atoms with E-state index in [4.69, 9.17) is 11.6 Å². The van der Waals surface area contributed by atoms with E-state index in [1.165, 1.54) is 0 Å². The standard InChI is InChI=1S/C14H16ClNO2S/c15-12-6-4-11(5-7-12)10-19(17,18)16-13-2-1-3-14(16)9-8-13/h1-2,4-7,13-14H,3,8-10H2. The molecule has 1 aromatic rings. The maximum absolute atomic E-state index is 12.6. The second kappa shape index (κ2) is 4.93. The molecule has 19 heavy (non-hydrogen) atoms. The summed E-state index contributed by atoms with van der Waals surface area (Å²) in [5, 5.41) is 0.627. The molecule has 2 atom stereocenters. The Bertz CT molecular complexity index is 594. The Labute approximate surface area is 118 Å². The smallest absolute Gasteiger partial charge is 0.212 e. The highest BCUT2D eigenvalue weighted by Gasteiger charge is 2.41. The number of hydrogen-bond donors (Lipinski definition) is 0. The number of sulfonamides is 1. The maximum Gasteiger partial charge on any atom is 0.219 e. The SMILES string of the molecule is O=S(=O)(Cc1ccc(Cl)cc1)N1C2C=CCC1CC2. The fraction of sp³-hybridized carbons (Fsp3) is 0.429. The molecule has 3 nitrogen and oxygen atoms in total. The summed E-state index contributed by atoms with van der Waals surface area (Å²) in [4.78, 5) is 0. The van der Waals surface area contributed by atoms with E-state index in [9.17, 15) is 8.42 Å². The highest BCUT2D eigenvalue weighted by molar-refractivity contribution is 7.88. The lowest BCUT2D eigenvalue weighted by Gasteiger charge is -2.30. The lowest BCUT2D eigenvalue weighted by Crippen LogP contribution is -2.42. The van der Waals surface area contributed by atoms with E-state index in [2.05, 4.69) is 6.08 Å². The fourth-order valence-corrected chi connectivity index (χ4v) is 5.11. The summed E-state index contributed by atoms with van der Waals surface area (Å²) in [5.41, 5.74) is 0.790. The number of nitrogens with zero attached hydrogens (tertiary/aromatic N) is 1. The van der Waals surface area contributed by atoms with Gasteiger partial charge in [0.25, 0.3) is 0 Å². The molecule has 0 amide bonds. The van der Waals surface area contributed by atoms with E-state index >= 15 is 0 Å². The Balaban J connectivity index is 1.83. The van der Waals surface area contributed by atoms with Crippen molar-refractivity contribution >= 4 is 21.6 Å². The quantitative estimate of drug-likeness (QED) is 0.804. The molecule has 2 heterocycles. The van der Waals surface area contributed by atoms with Crippen molar-refractivity contribution in [3.8, 4) is 0 Å². The number of fused-ring (bicyclic) bond motifs is 2. The topological polar surface area (TPSA) is 37.4 Å². The van der Waals surface area contributed by atoms with Crippen LogP contribution in [0.1, 0.15) is 24.8 Å². The van der Waals surface area contributed by atoms with Crippen LogP contribution in [0, 0.1) is 0 Å². The summed E-state index contributed by atoms with van der Waals surface area (Å²) in [6, 6.07) is 7.25. The minimum absolute atomic E-state index is 0.0605.